The summed E-state index contributed by atoms with van der Waals surface area (Å²) in [7, 11) is -4.57. The number of hydrogen-bond acceptors (Lipinski definition) is 5. The molecule has 2 amide bonds. The third-order valence-corrected chi connectivity index (χ3v) is 12.0. The fourth-order valence-corrected chi connectivity index (χ4v) is 9.89. The maximum absolute atomic E-state index is 15.0. The van der Waals surface area contributed by atoms with Crippen molar-refractivity contribution in [2.24, 2.45) is 11.8 Å². The van der Waals surface area contributed by atoms with Crippen LogP contribution in [0.5, 0.6) is 0 Å². The molecule has 0 aromatic heterocycles. The van der Waals surface area contributed by atoms with E-state index in [1.54, 1.807) is 0 Å². The van der Waals surface area contributed by atoms with Gasteiger partial charge in [-0.2, -0.15) is 26.3 Å². The van der Waals surface area contributed by atoms with Crippen molar-refractivity contribution < 1.29 is 58.2 Å². The Bertz CT molecular complexity index is 1660. The number of nitrogens with one attached hydrogen (secondary N) is 1. The molecule has 0 bridgehead atoms. The molecule has 47 heavy (non-hydrogen) atoms. The Balaban J connectivity index is 1.55. The molecule has 1 heterocycles. The molecule has 2 fully saturated rings. The Morgan fingerprint density at radius 3 is 2.19 bits per heavy atom. The number of aryl methyl sites for hydroxylation is 1. The van der Waals surface area contributed by atoms with E-state index in [9.17, 15) is 53.8 Å². The summed E-state index contributed by atoms with van der Waals surface area (Å²) in [6.07, 6.45) is -13.4. The van der Waals surface area contributed by atoms with Crippen LogP contribution in [0, 0.1) is 17.7 Å². The van der Waals surface area contributed by atoms with E-state index < -0.39 is 73.4 Å². The summed E-state index contributed by atoms with van der Waals surface area (Å²) in [5.41, 5.74) is -9.04. The van der Waals surface area contributed by atoms with Gasteiger partial charge in [0.1, 0.15) is 10.6 Å². The molecule has 5 rings (SSSR count). The lowest BCUT2D eigenvalue weighted by Crippen LogP contribution is -2.51. The van der Waals surface area contributed by atoms with Crippen LogP contribution in [0.4, 0.5) is 35.1 Å². The summed E-state index contributed by atoms with van der Waals surface area (Å²) >= 11 is 0. The highest BCUT2D eigenvalue weighted by Gasteiger charge is 2.74. The van der Waals surface area contributed by atoms with Gasteiger partial charge in [0.25, 0.3) is 0 Å². The molecule has 1 saturated heterocycles. The van der Waals surface area contributed by atoms with Crippen LogP contribution in [-0.4, -0.2) is 67.3 Å². The average molecular weight is 697 g/mol. The van der Waals surface area contributed by atoms with Gasteiger partial charge in [-0.25, -0.2) is 17.2 Å². The van der Waals surface area contributed by atoms with Crippen LogP contribution in [-0.2, 0) is 36.3 Å². The van der Waals surface area contributed by atoms with E-state index in [0.717, 1.165) is 30.3 Å². The van der Waals surface area contributed by atoms with E-state index in [1.807, 2.05) is 0 Å². The van der Waals surface area contributed by atoms with Crippen LogP contribution in [0.1, 0.15) is 56.2 Å². The highest BCUT2D eigenvalue weighted by molar-refractivity contribution is 7.92. The molecule has 16 heteroatoms. The second kappa shape index (κ2) is 11.4. The van der Waals surface area contributed by atoms with Gasteiger partial charge in [0.15, 0.2) is 9.84 Å². The van der Waals surface area contributed by atoms with E-state index in [2.05, 4.69) is 5.32 Å². The Morgan fingerprint density at radius 2 is 1.62 bits per heavy atom. The quantitative estimate of drug-likeness (QED) is 0.305. The number of benzene rings is 2. The van der Waals surface area contributed by atoms with E-state index in [0.29, 0.717) is 6.07 Å². The van der Waals surface area contributed by atoms with Gasteiger partial charge in [-0.3, -0.25) is 9.59 Å². The average Bonchev–Trinajstić information content (AvgIpc) is 3.51. The maximum atomic E-state index is 15.0. The summed E-state index contributed by atoms with van der Waals surface area (Å²) in [5, 5.41) is 12.9. The first-order valence-corrected chi connectivity index (χ1v) is 16.3. The summed E-state index contributed by atoms with van der Waals surface area (Å²) < 4.78 is 137. The van der Waals surface area contributed by atoms with Crippen molar-refractivity contribution in [2.45, 2.75) is 85.3 Å². The molecule has 2 N–H and O–H groups in total. The van der Waals surface area contributed by atoms with E-state index in [-0.39, 0.29) is 73.2 Å². The third-order valence-electron chi connectivity index (χ3n) is 9.47. The summed E-state index contributed by atoms with van der Waals surface area (Å²) in [6, 6.07) is 4.39. The van der Waals surface area contributed by atoms with Gasteiger partial charge in [0.2, 0.25) is 11.8 Å². The number of aliphatic hydroxyl groups is 1. The molecule has 2 aromatic carbocycles. The second-order valence-corrected chi connectivity index (χ2v) is 15.4. The number of amides is 2. The van der Waals surface area contributed by atoms with Gasteiger partial charge in [-0.15, -0.1) is 0 Å². The van der Waals surface area contributed by atoms with Crippen molar-refractivity contribution in [3.05, 3.63) is 65.0 Å². The number of halogens is 8. The van der Waals surface area contributed by atoms with Crippen molar-refractivity contribution in [1.29, 1.82) is 0 Å². The summed E-state index contributed by atoms with van der Waals surface area (Å²) in [4.78, 5) is 26.9. The molecule has 0 radical (unpaired) electrons. The zero-order valence-electron chi connectivity index (χ0n) is 25.2. The molecule has 2 aliphatic carbocycles. The Hall–Kier alpha value is -3.27. The molecular weight excluding hydrogens is 664 g/mol. The van der Waals surface area contributed by atoms with Crippen molar-refractivity contribution in [2.75, 3.05) is 13.1 Å². The number of carbonyl (C=O) groups is 2. The number of likely N-dealkylation sites (tertiary alicyclic amines) is 1. The lowest BCUT2D eigenvalue weighted by atomic mass is 9.74. The fourth-order valence-electron chi connectivity index (χ4n) is 7.42. The minimum absolute atomic E-state index is 0.0000656. The van der Waals surface area contributed by atoms with Crippen LogP contribution in [0.3, 0.4) is 0 Å². The van der Waals surface area contributed by atoms with Gasteiger partial charge < -0.3 is 15.3 Å². The van der Waals surface area contributed by atoms with E-state index in [4.69, 9.17) is 0 Å². The number of hydrogen-bond donors (Lipinski definition) is 2. The van der Waals surface area contributed by atoms with Gasteiger partial charge in [0, 0.05) is 37.0 Å². The first-order chi connectivity index (χ1) is 21.5. The van der Waals surface area contributed by atoms with Crippen LogP contribution in [0.2, 0.25) is 0 Å². The number of nitrogens with zero attached hydrogens (tertiary/aromatic N) is 1. The second-order valence-electron chi connectivity index (χ2n) is 13.2. The monoisotopic (exact) mass is 696 g/mol. The third kappa shape index (κ3) is 5.78. The first kappa shape index (κ1) is 35.0. The van der Waals surface area contributed by atoms with E-state index in [1.165, 1.54) is 18.7 Å². The molecule has 258 valence electrons. The molecule has 0 unspecified atom stereocenters. The smallest absolute Gasteiger partial charge is 0.389 e. The highest BCUT2D eigenvalue weighted by Crippen LogP contribution is 2.59. The predicted octanol–water partition coefficient (Wildman–Crippen LogP) is 5.24. The minimum atomic E-state index is -6.37. The van der Waals surface area contributed by atoms with Gasteiger partial charge >= 0.3 is 18.0 Å². The molecule has 4 atom stereocenters. The molecule has 3 aliphatic rings. The molecular formula is C31H32F8N2O5S. The molecule has 2 aromatic rings. The number of rotatable bonds is 7. The van der Waals surface area contributed by atoms with Crippen LogP contribution in [0.25, 0.3) is 0 Å². The zero-order chi connectivity index (χ0) is 35.0. The lowest BCUT2D eigenvalue weighted by Gasteiger charge is -2.43. The summed E-state index contributed by atoms with van der Waals surface area (Å²) in [5.74, 6) is -3.45. The highest BCUT2D eigenvalue weighted by atomic mass is 32.2. The minimum Gasteiger partial charge on any atom is -0.389 e. The molecule has 0 spiro atoms. The Morgan fingerprint density at radius 1 is 1.00 bits per heavy atom. The zero-order valence-corrected chi connectivity index (χ0v) is 26.0. The SMILES string of the molecule is CC(C)(O)CN1C[C@H](C(=O)N[C@@H]2CC[C@@]3(S(=O)(=O)c4ccc(F)cc4)c4ccc(C(F)(C(F)(F)F)C(F)(F)F)cc4CC[C@@H]23)CC1=O. The standard InChI is InChI=1S/C31H32F8N2O5S/c1-27(2,44)16-41-15-18(14-25(41)42)26(43)40-24-11-12-28(47(45,46)21-7-5-20(32)6-8-21)22-10-4-19(13-17(22)3-9-23(24)28)29(33,30(34,35)36)31(37,38)39/h4-8,10,13,18,23-24,44H,3,9,11-12,14-16H2,1-2H3,(H,40,43)/t18-,23+,24-,28-/m1/s1. The fraction of sp³-hybridized carbons (Fsp3) is 0.548. The number of alkyl halides is 7. The lowest BCUT2D eigenvalue weighted by molar-refractivity contribution is -0.348. The van der Waals surface area contributed by atoms with Gasteiger partial charge in [0.05, 0.1) is 16.4 Å². The van der Waals surface area contributed by atoms with Crippen LogP contribution < -0.4 is 5.32 Å². The predicted molar refractivity (Wildman–Crippen MR) is 151 cm³/mol. The van der Waals surface area contributed by atoms with Gasteiger partial charge in [-0.1, -0.05) is 18.2 Å². The van der Waals surface area contributed by atoms with Crippen LogP contribution >= 0.6 is 0 Å². The normalized spacial score (nSPS) is 25.5. The van der Waals surface area contributed by atoms with Crippen molar-refractivity contribution in [3.8, 4) is 0 Å². The van der Waals surface area contributed by atoms with Crippen molar-refractivity contribution in [1.82, 2.24) is 10.2 Å². The van der Waals surface area contributed by atoms with Crippen LogP contribution in [0.15, 0.2) is 47.4 Å². The van der Waals surface area contributed by atoms with Gasteiger partial charge in [-0.05, 0) is 74.9 Å². The summed E-state index contributed by atoms with van der Waals surface area (Å²) in [6.45, 7) is 2.97. The van der Waals surface area contributed by atoms with E-state index >= 15 is 4.39 Å². The first-order valence-electron chi connectivity index (χ1n) is 14.8. The number of β-amino-alcohol motifs (C(OH)–C–C–N with tert-alkyl or cyclic N) is 1. The molecule has 1 aliphatic heterocycles. The molecule has 7 nitrogen and oxygen atoms in total. The topological polar surface area (TPSA) is 104 Å². The maximum Gasteiger partial charge on any atom is 0.435 e. The van der Waals surface area contributed by atoms with Crippen molar-refractivity contribution in [3.63, 3.8) is 0 Å². The Labute approximate surface area is 265 Å². The molecule has 1 saturated carbocycles. The number of fused-ring (bicyclic) bond motifs is 3. The van der Waals surface area contributed by atoms with Crippen molar-refractivity contribution >= 4 is 21.7 Å². The number of carbonyl (C=O) groups excluding carboxylic acids is 2. The Kier molecular flexibility index (Phi) is 8.51. The largest absolute Gasteiger partial charge is 0.435 e. The number of sulfone groups is 1.